The van der Waals surface area contributed by atoms with E-state index in [1.54, 1.807) is 0 Å². The summed E-state index contributed by atoms with van der Waals surface area (Å²) in [5.41, 5.74) is 0.904. The zero-order chi connectivity index (χ0) is 19.0. The molecule has 148 valence electrons. The van der Waals surface area contributed by atoms with Crippen molar-refractivity contribution in [3.63, 3.8) is 0 Å². The molecule has 7 nitrogen and oxygen atoms in total. The molecule has 0 aromatic carbocycles. The molecule has 1 atom stereocenters. The summed E-state index contributed by atoms with van der Waals surface area (Å²) >= 11 is 0. The van der Waals surface area contributed by atoms with Crippen LogP contribution >= 0.6 is 0 Å². The van der Waals surface area contributed by atoms with Gasteiger partial charge in [0.15, 0.2) is 0 Å². The number of likely N-dealkylation sites (N-methyl/N-ethyl adjacent to an activating group) is 1. The number of ether oxygens (including phenoxy) is 1. The van der Waals surface area contributed by atoms with Crippen LogP contribution in [-0.2, 0) is 16.6 Å². The lowest BCUT2D eigenvalue weighted by Crippen LogP contribution is -2.48. The molecule has 4 rings (SSSR count). The first kappa shape index (κ1) is 18.5. The predicted octanol–water partition coefficient (Wildman–Crippen LogP) is 0.810. The van der Waals surface area contributed by atoms with Gasteiger partial charge in [-0.15, -0.1) is 0 Å². The van der Waals surface area contributed by atoms with Gasteiger partial charge in [0.1, 0.15) is 5.69 Å². The maximum atomic E-state index is 13.0. The number of likely N-dealkylation sites (tertiary alicyclic amines) is 2. The Bertz CT molecular complexity index is 702. The molecule has 1 aromatic rings. The minimum Gasteiger partial charge on any atom is -0.378 e. The average Bonchev–Trinajstić information content (AvgIpc) is 3.25. The minimum atomic E-state index is -0.0294. The maximum Gasteiger partial charge on any atom is 0.270 e. The van der Waals surface area contributed by atoms with Crippen LogP contribution in [0.2, 0.25) is 0 Å². The van der Waals surface area contributed by atoms with Crippen LogP contribution in [0, 0.1) is 5.41 Å². The van der Waals surface area contributed by atoms with Gasteiger partial charge in [0.2, 0.25) is 5.91 Å². The molecule has 3 fully saturated rings. The number of aromatic nitrogens is 1. The second-order valence-corrected chi connectivity index (χ2v) is 8.37. The first-order valence-corrected chi connectivity index (χ1v) is 9.96. The third kappa shape index (κ3) is 3.50. The van der Waals surface area contributed by atoms with Crippen molar-refractivity contribution in [3.8, 4) is 0 Å². The van der Waals surface area contributed by atoms with E-state index in [0.717, 1.165) is 44.6 Å². The summed E-state index contributed by atoms with van der Waals surface area (Å²) in [6.07, 6.45) is 4.76. The lowest BCUT2D eigenvalue weighted by Gasteiger charge is -2.39. The first-order chi connectivity index (χ1) is 13.0. The number of hydrogen-bond donors (Lipinski definition) is 0. The highest BCUT2D eigenvalue weighted by Crippen LogP contribution is 2.43. The number of hydrogen-bond acceptors (Lipinski definition) is 4. The summed E-state index contributed by atoms with van der Waals surface area (Å²) in [5, 5.41) is 0. The number of morpholine rings is 1. The third-order valence-corrected chi connectivity index (χ3v) is 6.63. The molecule has 0 N–H and O–H groups in total. The van der Waals surface area contributed by atoms with E-state index in [2.05, 4.69) is 11.9 Å². The molecule has 0 saturated carbocycles. The van der Waals surface area contributed by atoms with E-state index in [1.807, 2.05) is 39.7 Å². The fraction of sp³-hybridized carbons (Fsp3) is 0.700. The summed E-state index contributed by atoms with van der Waals surface area (Å²) in [5.74, 6) is 0.365. The van der Waals surface area contributed by atoms with Crippen molar-refractivity contribution in [1.82, 2.24) is 19.3 Å². The SMILES string of the molecule is CN1CC2(CCN(C(=O)c3cccn3C)CC2)CC1C(=O)N1CCOCC1. The minimum absolute atomic E-state index is 0.0294. The quantitative estimate of drug-likeness (QED) is 0.769. The second-order valence-electron chi connectivity index (χ2n) is 8.37. The van der Waals surface area contributed by atoms with E-state index in [1.165, 1.54) is 0 Å². The third-order valence-electron chi connectivity index (χ3n) is 6.63. The van der Waals surface area contributed by atoms with Crippen molar-refractivity contribution < 1.29 is 14.3 Å². The van der Waals surface area contributed by atoms with Crippen LogP contribution in [0.3, 0.4) is 0 Å². The highest BCUT2D eigenvalue weighted by atomic mass is 16.5. The van der Waals surface area contributed by atoms with Crippen molar-refractivity contribution in [1.29, 1.82) is 0 Å². The van der Waals surface area contributed by atoms with Gasteiger partial charge in [-0.1, -0.05) is 0 Å². The molecule has 0 bridgehead atoms. The van der Waals surface area contributed by atoms with Gasteiger partial charge >= 0.3 is 0 Å². The normalized spacial score (nSPS) is 25.9. The van der Waals surface area contributed by atoms with E-state index >= 15 is 0 Å². The molecular weight excluding hydrogens is 344 g/mol. The van der Waals surface area contributed by atoms with E-state index in [9.17, 15) is 9.59 Å². The topological polar surface area (TPSA) is 58.0 Å². The molecule has 3 saturated heterocycles. The Balaban J connectivity index is 1.37. The van der Waals surface area contributed by atoms with Crippen molar-refractivity contribution in [2.75, 3.05) is 53.0 Å². The molecule has 1 unspecified atom stereocenters. The van der Waals surface area contributed by atoms with Gasteiger partial charge in [0.05, 0.1) is 19.3 Å². The molecule has 0 aliphatic carbocycles. The van der Waals surface area contributed by atoms with Crippen LogP contribution < -0.4 is 0 Å². The van der Waals surface area contributed by atoms with Crippen molar-refractivity contribution >= 4 is 11.8 Å². The van der Waals surface area contributed by atoms with Gasteiger partial charge in [-0.25, -0.2) is 0 Å². The summed E-state index contributed by atoms with van der Waals surface area (Å²) in [6, 6.07) is 3.76. The van der Waals surface area contributed by atoms with Gasteiger partial charge < -0.3 is 19.1 Å². The van der Waals surface area contributed by atoms with Gasteiger partial charge in [0.25, 0.3) is 5.91 Å². The van der Waals surface area contributed by atoms with E-state index < -0.39 is 0 Å². The number of amides is 2. The molecular formula is C20H30N4O3. The molecule has 7 heteroatoms. The van der Waals surface area contributed by atoms with E-state index in [4.69, 9.17) is 4.74 Å². The summed E-state index contributed by atoms with van der Waals surface area (Å²) < 4.78 is 7.26. The van der Waals surface area contributed by atoms with E-state index in [0.29, 0.717) is 26.3 Å². The molecule has 2 amide bonds. The molecule has 0 radical (unpaired) electrons. The van der Waals surface area contributed by atoms with Crippen molar-refractivity contribution in [2.24, 2.45) is 12.5 Å². The molecule has 1 spiro atoms. The summed E-state index contributed by atoms with van der Waals surface area (Å²) in [7, 11) is 3.98. The Morgan fingerprint density at radius 2 is 1.78 bits per heavy atom. The monoisotopic (exact) mass is 374 g/mol. The van der Waals surface area contributed by atoms with Gasteiger partial charge in [-0.2, -0.15) is 0 Å². The lowest BCUT2D eigenvalue weighted by molar-refractivity contribution is -0.139. The van der Waals surface area contributed by atoms with Gasteiger partial charge in [-0.05, 0) is 43.9 Å². The number of carbonyl (C=O) groups is 2. The Kier molecular flexibility index (Phi) is 4.99. The van der Waals surface area contributed by atoms with Gasteiger partial charge in [-0.3, -0.25) is 14.5 Å². The fourth-order valence-corrected chi connectivity index (χ4v) is 4.93. The number of rotatable bonds is 2. The number of aryl methyl sites for hydroxylation is 1. The first-order valence-electron chi connectivity index (χ1n) is 9.96. The Morgan fingerprint density at radius 1 is 1.07 bits per heavy atom. The average molecular weight is 374 g/mol. The van der Waals surface area contributed by atoms with E-state index in [-0.39, 0.29) is 23.3 Å². The van der Waals surface area contributed by atoms with Crippen LogP contribution in [0.15, 0.2) is 18.3 Å². The highest BCUT2D eigenvalue weighted by molar-refractivity contribution is 5.92. The maximum absolute atomic E-state index is 13.0. The number of carbonyl (C=O) groups excluding carboxylic acids is 2. The number of nitrogens with zero attached hydrogens (tertiary/aromatic N) is 4. The highest BCUT2D eigenvalue weighted by Gasteiger charge is 2.48. The standard InChI is InChI=1S/C20H30N4O3/c1-21-7-3-4-16(21)18(25)23-8-5-20(6-9-23)14-17(22(2)15-20)19(26)24-10-12-27-13-11-24/h3-4,7,17H,5-6,8-15H2,1-2H3. The van der Waals surface area contributed by atoms with Crippen LogP contribution in [0.25, 0.3) is 0 Å². The summed E-state index contributed by atoms with van der Waals surface area (Å²) in [4.78, 5) is 31.9. The van der Waals surface area contributed by atoms with Crippen LogP contribution in [-0.4, -0.2) is 90.1 Å². The molecule has 3 aliphatic heterocycles. The molecule has 27 heavy (non-hydrogen) atoms. The Hall–Kier alpha value is -1.86. The van der Waals surface area contributed by atoms with Gasteiger partial charge in [0, 0.05) is 46.0 Å². The molecule has 4 heterocycles. The largest absolute Gasteiger partial charge is 0.378 e. The zero-order valence-electron chi connectivity index (χ0n) is 16.4. The lowest BCUT2D eigenvalue weighted by atomic mass is 9.76. The Morgan fingerprint density at radius 3 is 2.41 bits per heavy atom. The zero-order valence-corrected chi connectivity index (χ0v) is 16.4. The van der Waals surface area contributed by atoms with Crippen molar-refractivity contribution in [3.05, 3.63) is 24.0 Å². The molecule has 3 aliphatic rings. The van der Waals surface area contributed by atoms with Crippen LogP contribution in [0.5, 0.6) is 0 Å². The number of piperidine rings is 1. The smallest absolute Gasteiger partial charge is 0.270 e. The van der Waals surface area contributed by atoms with Crippen molar-refractivity contribution in [2.45, 2.75) is 25.3 Å². The molecule has 1 aromatic heterocycles. The summed E-state index contributed by atoms with van der Waals surface area (Å²) in [6.45, 7) is 5.18. The second kappa shape index (κ2) is 7.28. The van der Waals surface area contributed by atoms with Crippen LogP contribution in [0.1, 0.15) is 29.8 Å². The Labute approximate surface area is 160 Å². The fourth-order valence-electron chi connectivity index (χ4n) is 4.93. The van der Waals surface area contributed by atoms with Crippen LogP contribution in [0.4, 0.5) is 0 Å². The predicted molar refractivity (Wildman–Crippen MR) is 101 cm³/mol.